The summed E-state index contributed by atoms with van der Waals surface area (Å²) in [5.74, 6) is 2.35. The third-order valence-electron chi connectivity index (χ3n) is 2.98. The SMILES string of the molecule is OC1CCOCC12CCCSC2. The maximum atomic E-state index is 9.89. The molecule has 0 radical (unpaired) electrons. The average Bonchev–Trinajstić information content (AvgIpc) is 2.12. The van der Waals surface area contributed by atoms with Gasteiger partial charge in [-0.25, -0.2) is 0 Å². The Kier molecular flexibility index (Phi) is 2.63. The summed E-state index contributed by atoms with van der Waals surface area (Å²) in [6, 6.07) is 0. The van der Waals surface area contributed by atoms with Crippen molar-refractivity contribution in [1.29, 1.82) is 0 Å². The molecule has 2 unspecified atom stereocenters. The molecule has 2 aliphatic heterocycles. The molecule has 2 aliphatic rings. The number of hydrogen-bond acceptors (Lipinski definition) is 3. The highest BCUT2D eigenvalue weighted by molar-refractivity contribution is 7.99. The van der Waals surface area contributed by atoms with Crippen LogP contribution in [0.15, 0.2) is 0 Å². The topological polar surface area (TPSA) is 29.5 Å². The summed E-state index contributed by atoms with van der Waals surface area (Å²) in [6.07, 6.45) is 3.12. The predicted octanol–water partition coefficient (Wildman–Crippen LogP) is 1.28. The molecule has 0 aromatic rings. The van der Waals surface area contributed by atoms with Crippen LogP contribution in [0, 0.1) is 5.41 Å². The highest BCUT2D eigenvalue weighted by Gasteiger charge is 2.41. The summed E-state index contributed by atoms with van der Waals surface area (Å²) in [4.78, 5) is 0. The van der Waals surface area contributed by atoms with Crippen LogP contribution >= 0.6 is 11.8 Å². The van der Waals surface area contributed by atoms with Crippen molar-refractivity contribution in [3.63, 3.8) is 0 Å². The van der Waals surface area contributed by atoms with Gasteiger partial charge in [0.1, 0.15) is 0 Å². The van der Waals surface area contributed by atoms with Crippen LogP contribution in [0.3, 0.4) is 0 Å². The number of ether oxygens (including phenoxy) is 1. The zero-order chi connectivity index (χ0) is 8.44. The Hall–Kier alpha value is 0.270. The van der Waals surface area contributed by atoms with Gasteiger partial charge in [0.05, 0.1) is 12.7 Å². The van der Waals surface area contributed by atoms with Crippen LogP contribution in [0.1, 0.15) is 19.3 Å². The van der Waals surface area contributed by atoms with Gasteiger partial charge >= 0.3 is 0 Å². The predicted molar refractivity (Wildman–Crippen MR) is 50.4 cm³/mol. The second-order valence-electron chi connectivity index (χ2n) is 3.88. The summed E-state index contributed by atoms with van der Waals surface area (Å²) in [7, 11) is 0. The molecular formula is C9H16O2S. The fourth-order valence-corrected chi connectivity index (χ4v) is 3.44. The molecule has 70 valence electrons. The fraction of sp³-hybridized carbons (Fsp3) is 1.00. The van der Waals surface area contributed by atoms with Crippen molar-refractivity contribution in [1.82, 2.24) is 0 Å². The van der Waals surface area contributed by atoms with Crippen molar-refractivity contribution in [2.45, 2.75) is 25.4 Å². The van der Waals surface area contributed by atoms with Gasteiger partial charge in [0, 0.05) is 17.8 Å². The standard InChI is InChI=1S/C9H16O2S/c10-8-2-4-11-6-9(8)3-1-5-12-7-9/h8,10H,1-7H2. The van der Waals surface area contributed by atoms with Crippen LogP contribution in [-0.4, -0.2) is 35.9 Å². The van der Waals surface area contributed by atoms with Gasteiger partial charge in [0.15, 0.2) is 0 Å². The van der Waals surface area contributed by atoms with E-state index in [9.17, 15) is 5.11 Å². The summed E-state index contributed by atoms with van der Waals surface area (Å²) in [5.41, 5.74) is 0.112. The molecule has 2 rings (SSSR count). The quantitative estimate of drug-likeness (QED) is 0.621. The second kappa shape index (κ2) is 3.56. The van der Waals surface area contributed by atoms with Crippen LogP contribution in [0.4, 0.5) is 0 Å². The Balaban J connectivity index is 2.04. The van der Waals surface area contributed by atoms with Crippen LogP contribution in [0.5, 0.6) is 0 Å². The van der Waals surface area contributed by atoms with E-state index in [1.807, 2.05) is 11.8 Å². The van der Waals surface area contributed by atoms with Gasteiger partial charge in [-0.2, -0.15) is 11.8 Å². The molecule has 1 N–H and O–H groups in total. The van der Waals surface area contributed by atoms with Crippen molar-refractivity contribution in [3.8, 4) is 0 Å². The zero-order valence-corrected chi connectivity index (χ0v) is 8.11. The lowest BCUT2D eigenvalue weighted by molar-refractivity contribution is -0.0921. The van der Waals surface area contributed by atoms with Crippen LogP contribution < -0.4 is 0 Å². The van der Waals surface area contributed by atoms with E-state index in [1.165, 1.54) is 12.2 Å². The lowest BCUT2D eigenvalue weighted by Gasteiger charge is -2.43. The monoisotopic (exact) mass is 188 g/mol. The molecule has 2 atom stereocenters. The van der Waals surface area contributed by atoms with Crippen molar-refractivity contribution < 1.29 is 9.84 Å². The summed E-state index contributed by atoms with van der Waals surface area (Å²) in [6.45, 7) is 1.52. The van der Waals surface area contributed by atoms with Crippen LogP contribution in [0.2, 0.25) is 0 Å². The van der Waals surface area contributed by atoms with Crippen LogP contribution in [0.25, 0.3) is 0 Å². The van der Waals surface area contributed by atoms with E-state index in [0.717, 1.165) is 31.8 Å². The number of rotatable bonds is 0. The van der Waals surface area contributed by atoms with Crippen LogP contribution in [-0.2, 0) is 4.74 Å². The van der Waals surface area contributed by atoms with E-state index in [-0.39, 0.29) is 11.5 Å². The summed E-state index contributed by atoms with van der Waals surface area (Å²) >= 11 is 1.96. The van der Waals surface area contributed by atoms with Crippen molar-refractivity contribution >= 4 is 11.8 Å². The Morgan fingerprint density at radius 3 is 3.08 bits per heavy atom. The fourth-order valence-electron chi connectivity index (χ4n) is 2.12. The number of hydrogen-bond donors (Lipinski definition) is 1. The minimum absolute atomic E-state index is 0.112. The van der Waals surface area contributed by atoms with E-state index < -0.39 is 0 Å². The molecule has 0 aliphatic carbocycles. The molecule has 2 fully saturated rings. The Morgan fingerprint density at radius 2 is 2.42 bits per heavy atom. The summed E-state index contributed by atoms with van der Waals surface area (Å²) in [5, 5.41) is 9.89. The van der Waals surface area contributed by atoms with E-state index >= 15 is 0 Å². The highest BCUT2D eigenvalue weighted by atomic mass is 32.2. The van der Waals surface area contributed by atoms with Crippen molar-refractivity contribution in [2.24, 2.45) is 5.41 Å². The van der Waals surface area contributed by atoms with E-state index in [2.05, 4.69) is 0 Å². The Labute approximate surface area is 77.7 Å². The molecule has 2 nitrogen and oxygen atoms in total. The van der Waals surface area contributed by atoms with Gasteiger partial charge in [0.2, 0.25) is 0 Å². The third-order valence-corrected chi connectivity index (χ3v) is 4.34. The zero-order valence-electron chi connectivity index (χ0n) is 7.29. The van der Waals surface area contributed by atoms with Gasteiger partial charge in [0.25, 0.3) is 0 Å². The normalized spacial score (nSPS) is 43.2. The maximum absolute atomic E-state index is 9.89. The molecule has 2 heterocycles. The number of aliphatic hydroxyl groups excluding tert-OH is 1. The van der Waals surface area contributed by atoms with Gasteiger partial charge in [-0.3, -0.25) is 0 Å². The lowest BCUT2D eigenvalue weighted by Crippen LogP contribution is -2.47. The van der Waals surface area contributed by atoms with Gasteiger partial charge < -0.3 is 9.84 Å². The highest BCUT2D eigenvalue weighted by Crippen LogP contribution is 2.40. The van der Waals surface area contributed by atoms with E-state index in [0.29, 0.717) is 0 Å². The molecule has 2 saturated heterocycles. The molecule has 0 aromatic heterocycles. The first kappa shape index (κ1) is 8.85. The first-order chi connectivity index (χ1) is 5.83. The number of aliphatic hydroxyl groups is 1. The molecule has 3 heteroatoms. The largest absolute Gasteiger partial charge is 0.392 e. The van der Waals surface area contributed by atoms with E-state index in [1.54, 1.807) is 0 Å². The lowest BCUT2D eigenvalue weighted by atomic mass is 9.78. The Bertz CT molecular complexity index is 146. The maximum Gasteiger partial charge on any atom is 0.0648 e. The smallest absolute Gasteiger partial charge is 0.0648 e. The number of thioether (sulfide) groups is 1. The Morgan fingerprint density at radius 1 is 1.50 bits per heavy atom. The van der Waals surface area contributed by atoms with Gasteiger partial charge in [-0.1, -0.05) is 0 Å². The molecule has 0 aromatic carbocycles. The first-order valence-corrected chi connectivity index (χ1v) is 5.83. The van der Waals surface area contributed by atoms with Crippen molar-refractivity contribution in [2.75, 3.05) is 24.7 Å². The molecular weight excluding hydrogens is 172 g/mol. The summed E-state index contributed by atoms with van der Waals surface area (Å²) < 4.78 is 5.46. The van der Waals surface area contributed by atoms with Gasteiger partial charge in [-0.15, -0.1) is 0 Å². The molecule has 0 amide bonds. The average molecular weight is 188 g/mol. The third kappa shape index (κ3) is 1.50. The molecule has 0 bridgehead atoms. The van der Waals surface area contributed by atoms with Crippen molar-refractivity contribution in [3.05, 3.63) is 0 Å². The first-order valence-electron chi connectivity index (χ1n) is 4.67. The van der Waals surface area contributed by atoms with E-state index in [4.69, 9.17) is 4.74 Å². The second-order valence-corrected chi connectivity index (χ2v) is 4.98. The minimum atomic E-state index is -0.112. The molecule has 0 saturated carbocycles. The minimum Gasteiger partial charge on any atom is -0.392 e. The molecule has 1 spiro atoms. The molecule has 12 heavy (non-hydrogen) atoms. The van der Waals surface area contributed by atoms with Gasteiger partial charge in [-0.05, 0) is 25.0 Å².